The van der Waals surface area contributed by atoms with E-state index in [2.05, 4.69) is 10.6 Å². The van der Waals surface area contributed by atoms with Gasteiger partial charge in [-0.05, 0) is 56.3 Å². The first-order valence-electron chi connectivity index (χ1n) is 8.20. The van der Waals surface area contributed by atoms with Crippen LogP contribution in [0, 0.1) is 5.92 Å². The Labute approximate surface area is 147 Å². The van der Waals surface area contributed by atoms with Crippen LogP contribution in [-0.4, -0.2) is 19.0 Å². The highest BCUT2D eigenvalue weighted by Gasteiger charge is 2.20. The number of anilines is 1. The van der Waals surface area contributed by atoms with Gasteiger partial charge in [0.15, 0.2) is 0 Å². The minimum Gasteiger partial charge on any atom is -0.489 e. The van der Waals surface area contributed by atoms with E-state index in [-0.39, 0.29) is 11.8 Å². The summed E-state index contributed by atoms with van der Waals surface area (Å²) in [6.45, 7) is 2.24. The molecule has 1 aliphatic rings. The lowest BCUT2D eigenvalue weighted by atomic mass is 9.97. The zero-order valence-corrected chi connectivity index (χ0v) is 14.2. The largest absolute Gasteiger partial charge is 0.489 e. The van der Waals surface area contributed by atoms with Gasteiger partial charge in [-0.2, -0.15) is 0 Å². The third kappa shape index (κ3) is 4.49. The van der Waals surface area contributed by atoms with Crippen LogP contribution >= 0.6 is 11.6 Å². The van der Waals surface area contributed by atoms with Crippen molar-refractivity contribution in [2.24, 2.45) is 5.92 Å². The highest BCUT2D eigenvalue weighted by atomic mass is 35.5. The van der Waals surface area contributed by atoms with Crippen LogP contribution in [0.4, 0.5) is 5.69 Å². The number of amides is 1. The van der Waals surface area contributed by atoms with Crippen molar-refractivity contribution in [1.29, 1.82) is 0 Å². The topological polar surface area (TPSA) is 50.4 Å². The van der Waals surface area contributed by atoms with Gasteiger partial charge in [-0.25, -0.2) is 0 Å². The summed E-state index contributed by atoms with van der Waals surface area (Å²) in [7, 11) is 0. The van der Waals surface area contributed by atoms with Gasteiger partial charge in [0, 0.05) is 22.2 Å². The number of carbonyl (C=O) groups excluding carboxylic acids is 1. The Morgan fingerprint density at radius 3 is 2.54 bits per heavy atom. The lowest BCUT2D eigenvalue weighted by Gasteiger charge is -2.21. The first-order valence-corrected chi connectivity index (χ1v) is 8.58. The number of nitrogens with one attached hydrogen (secondary N) is 2. The standard InChI is InChI=1S/C19H21ClN2O2/c20-18-4-2-1-3-15(18)13-24-17-7-5-16(6-8-17)22-19(23)14-9-11-21-12-10-14/h1-8,14,21H,9-13H2,(H,22,23). The van der Waals surface area contributed by atoms with Gasteiger partial charge in [0.2, 0.25) is 5.91 Å². The average Bonchev–Trinajstić information content (AvgIpc) is 2.63. The molecular formula is C19H21ClN2O2. The molecule has 1 saturated heterocycles. The molecule has 1 heterocycles. The Hall–Kier alpha value is -2.04. The lowest BCUT2D eigenvalue weighted by molar-refractivity contribution is -0.120. The van der Waals surface area contributed by atoms with Gasteiger partial charge in [-0.3, -0.25) is 4.79 Å². The first-order chi connectivity index (χ1) is 11.7. The fourth-order valence-electron chi connectivity index (χ4n) is 2.74. The zero-order valence-electron chi connectivity index (χ0n) is 13.4. The molecule has 0 aliphatic carbocycles. The fourth-order valence-corrected chi connectivity index (χ4v) is 2.93. The number of rotatable bonds is 5. The van der Waals surface area contributed by atoms with Gasteiger partial charge in [0.1, 0.15) is 12.4 Å². The molecule has 1 aliphatic heterocycles. The number of hydrogen-bond acceptors (Lipinski definition) is 3. The number of halogens is 1. The molecule has 0 bridgehead atoms. The number of benzene rings is 2. The van der Waals surface area contributed by atoms with E-state index in [1.807, 2.05) is 48.5 Å². The molecule has 4 nitrogen and oxygen atoms in total. The van der Waals surface area contributed by atoms with Crippen molar-refractivity contribution in [3.05, 3.63) is 59.1 Å². The van der Waals surface area contributed by atoms with Gasteiger partial charge in [-0.15, -0.1) is 0 Å². The van der Waals surface area contributed by atoms with Crippen LogP contribution in [0.2, 0.25) is 5.02 Å². The molecule has 24 heavy (non-hydrogen) atoms. The van der Waals surface area contributed by atoms with Crippen molar-refractivity contribution in [3.63, 3.8) is 0 Å². The van der Waals surface area contributed by atoms with Crippen molar-refractivity contribution in [2.75, 3.05) is 18.4 Å². The summed E-state index contributed by atoms with van der Waals surface area (Å²) in [4.78, 5) is 12.2. The van der Waals surface area contributed by atoms with Crippen molar-refractivity contribution in [2.45, 2.75) is 19.4 Å². The summed E-state index contributed by atoms with van der Waals surface area (Å²) in [6, 6.07) is 15.1. The Morgan fingerprint density at radius 2 is 1.83 bits per heavy atom. The second-order valence-corrected chi connectivity index (χ2v) is 6.33. The quantitative estimate of drug-likeness (QED) is 0.866. The first kappa shape index (κ1) is 16.8. The van der Waals surface area contributed by atoms with E-state index in [0.29, 0.717) is 11.6 Å². The van der Waals surface area contributed by atoms with E-state index >= 15 is 0 Å². The second-order valence-electron chi connectivity index (χ2n) is 5.92. The third-order valence-corrected chi connectivity index (χ3v) is 4.55. The molecule has 0 aromatic heterocycles. The van der Waals surface area contributed by atoms with Gasteiger partial charge in [0.05, 0.1) is 0 Å². The molecule has 5 heteroatoms. The summed E-state index contributed by atoms with van der Waals surface area (Å²) < 4.78 is 5.74. The van der Waals surface area contributed by atoms with Crippen molar-refractivity contribution < 1.29 is 9.53 Å². The maximum absolute atomic E-state index is 12.2. The molecule has 126 valence electrons. The molecule has 0 unspecified atom stereocenters. The van der Waals surface area contributed by atoms with Crippen LogP contribution < -0.4 is 15.4 Å². The van der Waals surface area contributed by atoms with Crippen molar-refractivity contribution in [3.8, 4) is 5.75 Å². The van der Waals surface area contributed by atoms with E-state index in [0.717, 1.165) is 42.9 Å². The number of carbonyl (C=O) groups is 1. The van der Waals surface area contributed by atoms with Gasteiger partial charge in [0.25, 0.3) is 0 Å². The normalized spacial score (nSPS) is 15.0. The zero-order chi connectivity index (χ0) is 16.8. The molecule has 0 radical (unpaired) electrons. The Kier molecular flexibility index (Phi) is 5.72. The van der Waals surface area contributed by atoms with Crippen LogP contribution in [-0.2, 0) is 11.4 Å². The molecular weight excluding hydrogens is 324 g/mol. The predicted molar refractivity (Wildman–Crippen MR) is 96.4 cm³/mol. The minimum absolute atomic E-state index is 0.0984. The smallest absolute Gasteiger partial charge is 0.227 e. The second kappa shape index (κ2) is 8.18. The highest BCUT2D eigenvalue weighted by molar-refractivity contribution is 6.31. The maximum atomic E-state index is 12.2. The van der Waals surface area contributed by atoms with E-state index in [1.54, 1.807) is 0 Å². The summed E-state index contributed by atoms with van der Waals surface area (Å²) in [5, 5.41) is 6.94. The van der Waals surface area contributed by atoms with E-state index < -0.39 is 0 Å². The lowest BCUT2D eigenvalue weighted by Crippen LogP contribution is -2.34. The van der Waals surface area contributed by atoms with Crippen LogP contribution in [0.1, 0.15) is 18.4 Å². The molecule has 2 aromatic rings. The maximum Gasteiger partial charge on any atom is 0.227 e. The molecule has 3 rings (SSSR count). The molecule has 0 atom stereocenters. The van der Waals surface area contributed by atoms with E-state index in [4.69, 9.17) is 16.3 Å². The van der Waals surface area contributed by atoms with Crippen LogP contribution in [0.15, 0.2) is 48.5 Å². The molecule has 0 spiro atoms. The number of piperidine rings is 1. The Balaban J connectivity index is 1.53. The summed E-state index contributed by atoms with van der Waals surface area (Å²) in [5.41, 5.74) is 1.74. The van der Waals surface area contributed by atoms with Gasteiger partial charge < -0.3 is 15.4 Å². The summed E-state index contributed by atoms with van der Waals surface area (Å²) in [5.74, 6) is 0.943. The van der Waals surface area contributed by atoms with E-state index in [1.165, 1.54) is 0 Å². The molecule has 1 fully saturated rings. The fraction of sp³-hybridized carbons (Fsp3) is 0.316. The molecule has 1 amide bonds. The van der Waals surface area contributed by atoms with Crippen LogP contribution in [0.3, 0.4) is 0 Å². The van der Waals surface area contributed by atoms with Gasteiger partial charge in [-0.1, -0.05) is 29.8 Å². The minimum atomic E-state index is 0.0984. The average molecular weight is 345 g/mol. The Morgan fingerprint density at radius 1 is 1.12 bits per heavy atom. The van der Waals surface area contributed by atoms with Crippen molar-refractivity contribution >= 4 is 23.2 Å². The van der Waals surface area contributed by atoms with Crippen LogP contribution in [0.5, 0.6) is 5.75 Å². The summed E-state index contributed by atoms with van der Waals surface area (Å²) >= 11 is 6.11. The monoisotopic (exact) mass is 344 g/mol. The SMILES string of the molecule is O=C(Nc1ccc(OCc2ccccc2Cl)cc1)C1CCNCC1. The number of ether oxygens (including phenoxy) is 1. The molecule has 2 aromatic carbocycles. The highest BCUT2D eigenvalue weighted by Crippen LogP contribution is 2.21. The third-order valence-electron chi connectivity index (χ3n) is 4.18. The molecule has 0 saturated carbocycles. The van der Waals surface area contributed by atoms with Crippen LogP contribution in [0.25, 0.3) is 0 Å². The van der Waals surface area contributed by atoms with Gasteiger partial charge >= 0.3 is 0 Å². The number of hydrogen-bond donors (Lipinski definition) is 2. The Bertz CT molecular complexity index is 682. The molecule has 2 N–H and O–H groups in total. The summed E-state index contributed by atoms with van der Waals surface area (Å²) in [6.07, 6.45) is 1.79. The van der Waals surface area contributed by atoms with E-state index in [9.17, 15) is 4.79 Å². The van der Waals surface area contributed by atoms with Crippen molar-refractivity contribution in [1.82, 2.24) is 5.32 Å². The predicted octanol–water partition coefficient (Wildman–Crippen LogP) is 3.86.